The van der Waals surface area contributed by atoms with Crippen molar-refractivity contribution in [1.29, 1.82) is 0 Å². The van der Waals surface area contributed by atoms with Gasteiger partial charge in [0.05, 0.1) is 29.7 Å². The number of carbonyl (C=O) groups is 2. The van der Waals surface area contributed by atoms with Crippen LogP contribution in [0.15, 0.2) is 18.2 Å². The molecule has 0 spiro atoms. The summed E-state index contributed by atoms with van der Waals surface area (Å²) >= 11 is 6.00. The summed E-state index contributed by atoms with van der Waals surface area (Å²) in [6, 6.07) is 3.91. The van der Waals surface area contributed by atoms with Crippen molar-refractivity contribution in [2.45, 2.75) is 31.0 Å². The number of halogens is 2. The van der Waals surface area contributed by atoms with Crippen molar-refractivity contribution in [3.05, 3.63) is 34.6 Å². The minimum Gasteiger partial charge on any atom is -0.375 e. The van der Waals surface area contributed by atoms with E-state index in [0.29, 0.717) is 26.1 Å². The Balaban J connectivity index is 1.56. The lowest BCUT2D eigenvalue weighted by Gasteiger charge is -2.35. The largest absolute Gasteiger partial charge is 0.375 e. The van der Waals surface area contributed by atoms with Gasteiger partial charge in [0, 0.05) is 39.3 Å². The van der Waals surface area contributed by atoms with Gasteiger partial charge in [-0.05, 0) is 24.6 Å². The van der Waals surface area contributed by atoms with Gasteiger partial charge in [0.15, 0.2) is 0 Å². The van der Waals surface area contributed by atoms with Crippen molar-refractivity contribution in [2.75, 3.05) is 33.8 Å². The zero-order valence-electron chi connectivity index (χ0n) is 14.9. The normalized spacial score (nSPS) is 25.6. The van der Waals surface area contributed by atoms with Crippen LogP contribution in [-0.2, 0) is 9.53 Å². The summed E-state index contributed by atoms with van der Waals surface area (Å²) in [6.07, 6.45) is 0.979. The molecule has 2 aliphatic heterocycles. The first kappa shape index (κ1) is 19.1. The smallest absolute Gasteiger partial charge is 0.253 e. The van der Waals surface area contributed by atoms with Gasteiger partial charge in [-0.25, -0.2) is 4.39 Å². The van der Waals surface area contributed by atoms with E-state index >= 15 is 0 Å². The van der Waals surface area contributed by atoms with Crippen LogP contribution in [0.4, 0.5) is 4.39 Å². The molecule has 0 aliphatic carbocycles. The van der Waals surface area contributed by atoms with Crippen molar-refractivity contribution in [2.24, 2.45) is 0 Å². The molecule has 0 saturated carbocycles. The summed E-state index contributed by atoms with van der Waals surface area (Å²) in [7, 11) is 3.46. The molecule has 1 aromatic carbocycles. The summed E-state index contributed by atoms with van der Waals surface area (Å²) in [5.74, 6) is -0.831. The maximum absolute atomic E-state index is 13.4. The number of nitrogens with zero attached hydrogens (tertiary/aromatic N) is 2. The average molecular weight is 384 g/mol. The van der Waals surface area contributed by atoms with Crippen LogP contribution in [0.3, 0.4) is 0 Å². The number of benzene rings is 1. The molecule has 0 unspecified atom stereocenters. The van der Waals surface area contributed by atoms with Gasteiger partial charge in [0.2, 0.25) is 5.91 Å². The lowest BCUT2D eigenvalue weighted by atomic mass is 10.1. The van der Waals surface area contributed by atoms with Gasteiger partial charge in [0.1, 0.15) is 5.82 Å². The molecule has 3 rings (SSSR count). The standard InChI is InChI=1S/C18H23ClFN3O3/c1-22(2)17(24)7-14-9-23-8-12(6-13(23)10-26-14)21-18(25)15-5-11(20)3-4-16(15)19/h3-5,12-14H,6-10H2,1-2H3,(H,21,25)/t12-,13-,14-/m0/s1. The second-order valence-corrected chi connectivity index (χ2v) is 7.49. The Morgan fingerprint density at radius 1 is 1.38 bits per heavy atom. The Hall–Kier alpha value is -1.70. The van der Waals surface area contributed by atoms with Crippen molar-refractivity contribution < 1.29 is 18.7 Å². The Labute approximate surface area is 157 Å². The predicted octanol–water partition coefficient (Wildman–Crippen LogP) is 1.53. The topological polar surface area (TPSA) is 61.9 Å². The molecule has 2 saturated heterocycles. The Morgan fingerprint density at radius 2 is 2.15 bits per heavy atom. The van der Waals surface area contributed by atoms with E-state index in [1.807, 2.05) is 0 Å². The number of carbonyl (C=O) groups excluding carboxylic acids is 2. The zero-order valence-corrected chi connectivity index (χ0v) is 15.6. The fraction of sp³-hybridized carbons (Fsp3) is 0.556. The summed E-state index contributed by atoms with van der Waals surface area (Å²) in [5.41, 5.74) is 0.141. The van der Waals surface area contributed by atoms with Gasteiger partial charge in [-0.1, -0.05) is 11.6 Å². The molecular weight excluding hydrogens is 361 g/mol. The molecule has 6 nitrogen and oxygen atoms in total. The van der Waals surface area contributed by atoms with Gasteiger partial charge < -0.3 is 15.0 Å². The van der Waals surface area contributed by atoms with E-state index in [1.165, 1.54) is 12.1 Å². The molecule has 142 valence electrons. The summed E-state index contributed by atoms with van der Waals surface area (Å²) in [4.78, 5) is 28.1. The number of hydrogen-bond acceptors (Lipinski definition) is 4. The molecule has 26 heavy (non-hydrogen) atoms. The number of fused-ring (bicyclic) bond motifs is 1. The number of amides is 2. The first-order valence-corrected chi connectivity index (χ1v) is 9.03. The Kier molecular flexibility index (Phi) is 5.79. The van der Waals surface area contributed by atoms with Gasteiger partial charge in [-0.2, -0.15) is 0 Å². The third-order valence-electron chi connectivity index (χ3n) is 4.90. The van der Waals surface area contributed by atoms with Crippen LogP contribution in [0.1, 0.15) is 23.2 Å². The fourth-order valence-electron chi connectivity index (χ4n) is 3.48. The van der Waals surface area contributed by atoms with E-state index < -0.39 is 5.82 Å². The van der Waals surface area contributed by atoms with Gasteiger partial charge in [-0.3, -0.25) is 14.5 Å². The highest BCUT2D eigenvalue weighted by Gasteiger charge is 2.38. The van der Waals surface area contributed by atoms with Crippen LogP contribution < -0.4 is 5.32 Å². The number of nitrogens with one attached hydrogen (secondary N) is 1. The van der Waals surface area contributed by atoms with Crippen LogP contribution in [0, 0.1) is 5.82 Å². The van der Waals surface area contributed by atoms with Crippen LogP contribution in [0.25, 0.3) is 0 Å². The van der Waals surface area contributed by atoms with Crippen LogP contribution in [0.2, 0.25) is 5.02 Å². The monoisotopic (exact) mass is 383 g/mol. The maximum atomic E-state index is 13.4. The van der Waals surface area contributed by atoms with Gasteiger partial charge in [-0.15, -0.1) is 0 Å². The van der Waals surface area contributed by atoms with Gasteiger partial charge >= 0.3 is 0 Å². The lowest BCUT2D eigenvalue weighted by Crippen LogP contribution is -2.47. The maximum Gasteiger partial charge on any atom is 0.253 e. The number of rotatable bonds is 4. The highest BCUT2D eigenvalue weighted by Crippen LogP contribution is 2.25. The minimum absolute atomic E-state index is 0.0400. The van der Waals surface area contributed by atoms with Crippen molar-refractivity contribution >= 4 is 23.4 Å². The van der Waals surface area contributed by atoms with E-state index in [9.17, 15) is 14.0 Å². The molecule has 0 bridgehead atoms. The van der Waals surface area contributed by atoms with Crippen molar-refractivity contribution in [3.8, 4) is 0 Å². The summed E-state index contributed by atoms with van der Waals surface area (Å²) in [6.45, 7) is 1.88. The predicted molar refractivity (Wildman–Crippen MR) is 95.7 cm³/mol. The van der Waals surface area contributed by atoms with Gasteiger partial charge in [0.25, 0.3) is 5.91 Å². The molecule has 0 aromatic heterocycles. The quantitative estimate of drug-likeness (QED) is 0.856. The molecule has 8 heteroatoms. The zero-order chi connectivity index (χ0) is 18.8. The third kappa shape index (κ3) is 4.34. The molecule has 0 radical (unpaired) electrons. The Morgan fingerprint density at radius 3 is 2.88 bits per heavy atom. The van der Waals surface area contributed by atoms with Crippen molar-refractivity contribution in [1.82, 2.24) is 15.1 Å². The van der Waals surface area contributed by atoms with Crippen LogP contribution >= 0.6 is 11.6 Å². The van der Waals surface area contributed by atoms with Crippen LogP contribution in [0.5, 0.6) is 0 Å². The van der Waals surface area contributed by atoms with E-state index in [1.54, 1.807) is 19.0 Å². The SMILES string of the molecule is CN(C)C(=O)C[C@H]1CN2C[C@@H](NC(=O)c3cc(F)ccc3Cl)C[C@H]2CO1. The van der Waals surface area contributed by atoms with E-state index in [2.05, 4.69) is 10.2 Å². The average Bonchev–Trinajstić information content (AvgIpc) is 2.98. The molecule has 1 N–H and O–H groups in total. The Bertz CT molecular complexity index is 700. The summed E-state index contributed by atoms with van der Waals surface area (Å²) in [5, 5.41) is 3.16. The highest BCUT2D eigenvalue weighted by molar-refractivity contribution is 6.33. The molecule has 1 aromatic rings. The molecule has 2 heterocycles. The number of hydrogen-bond donors (Lipinski definition) is 1. The summed E-state index contributed by atoms with van der Waals surface area (Å²) < 4.78 is 19.2. The van der Waals surface area contributed by atoms with E-state index in [-0.39, 0.29) is 40.6 Å². The fourth-order valence-corrected chi connectivity index (χ4v) is 3.69. The molecule has 2 amide bonds. The molecule has 2 fully saturated rings. The molecular formula is C18H23ClFN3O3. The second-order valence-electron chi connectivity index (χ2n) is 7.09. The lowest BCUT2D eigenvalue weighted by molar-refractivity contribution is -0.134. The molecule has 2 aliphatic rings. The highest BCUT2D eigenvalue weighted by atomic mass is 35.5. The molecule has 3 atom stereocenters. The number of morpholine rings is 1. The van der Waals surface area contributed by atoms with E-state index in [4.69, 9.17) is 16.3 Å². The first-order chi connectivity index (χ1) is 12.3. The second kappa shape index (κ2) is 7.90. The first-order valence-electron chi connectivity index (χ1n) is 8.65. The third-order valence-corrected chi connectivity index (χ3v) is 5.23. The van der Waals surface area contributed by atoms with E-state index in [0.717, 1.165) is 12.5 Å². The minimum atomic E-state index is -0.495. The van der Waals surface area contributed by atoms with Crippen molar-refractivity contribution in [3.63, 3.8) is 0 Å². The van der Waals surface area contributed by atoms with Crippen LogP contribution in [-0.4, -0.2) is 73.6 Å². The number of ether oxygens (including phenoxy) is 1.